The van der Waals surface area contributed by atoms with E-state index in [4.69, 9.17) is 0 Å². The molecule has 0 amide bonds. The topological polar surface area (TPSA) is 23.6 Å². The lowest BCUT2D eigenvalue weighted by atomic mass is 10.0. The lowest BCUT2D eigenvalue weighted by Crippen LogP contribution is -2.44. The van der Waals surface area contributed by atoms with Crippen molar-refractivity contribution in [3.05, 3.63) is 35.4 Å². The number of Topliss-reactive ketones (excluding diaryl/α,β-unsaturated/α-hetero) is 1. The molecule has 1 aliphatic heterocycles. The first kappa shape index (κ1) is 14.2. The van der Waals surface area contributed by atoms with Crippen LogP contribution in [0.15, 0.2) is 24.3 Å². The van der Waals surface area contributed by atoms with Crippen LogP contribution in [-0.4, -0.2) is 55.4 Å². The van der Waals surface area contributed by atoms with Crippen molar-refractivity contribution in [3.63, 3.8) is 0 Å². The molecule has 1 aliphatic rings. The van der Waals surface area contributed by atoms with Gasteiger partial charge in [-0.1, -0.05) is 29.8 Å². The van der Waals surface area contributed by atoms with Crippen molar-refractivity contribution >= 4 is 5.78 Å². The number of carbonyl (C=O) groups excluding carboxylic acids is 1. The van der Waals surface area contributed by atoms with Crippen LogP contribution in [0.2, 0.25) is 0 Å². The number of carbonyl (C=O) groups is 1. The van der Waals surface area contributed by atoms with Crippen LogP contribution >= 0.6 is 0 Å². The van der Waals surface area contributed by atoms with E-state index < -0.39 is 0 Å². The second kappa shape index (κ2) is 6.31. The standard InChI is InChI=1S/C16H24N2O/c1-13-6-4-7-14(10-13)11-16(19)15-12-17(2)8-5-9-18(15)3/h4,6-7,10,15H,5,8-9,11-12H2,1-3H3. The smallest absolute Gasteiger partial charge is 0.155 e. The normalized spacial score (nSPS) is 22.2. The minimum absolute atomic E-state index is 0.0352. The maximum Gasteiger partial charge on any atom is 0.155 e. The van der Waals surface area contributed by atoms with Gasteiger partial charge >= 0.3 is 0 Å². The molecule has 1 heterocycles. The summed E-state index contributed by atoms with van der Waals surface area (Å²) < 4.78 is 0. The maximum atomic E-state index is 12.5. The van der Waals surface area contributed by atoms with Crippen LogP contribution in [0, 0.1) is 6.92 Å². The first-order valence-corrected chi connectivity index (χ1v) is 7.03. The van der Waals surface area contributed by atoms with E-state index in [1.54, 1.807) is 0 Å². The fourth-order valence-corrected chi connectivity index (χ4v) is 2.76. The molecule has 1 aromatic rings. The van der Waals surface area contributed by atoms with Crippen LogP contribution in [0.1, 0.15) is 17.5 Å². The van der Waals surface area contributed by atoms with E-state index in [0.29, 0.717) is 12.2 Å². The van der Waals surface area contributed by atoms with Crippen molar-refractivity contribution < 1.29 is 4.79 Å². The summed E-state index contributed by atoms with van der Waals surface area (Å²) >= 11 is 0. The highest BCUT2D eigenvalue weighted by atomic mass is 16.1. The van der Waals surface area contributed by atoms with E-state index in [1.807, 2.05) is 12.1 Å². The summed E-state index contributed by atoms with van der Waals surface area (Å²) in [6.07, 6.45) is 1.69. The van der Waals surface area contributed by atoms with Gasteiger partial charge in [0.25, 0.3) is 0 Å². The molecule has 0 spiro atoms. The minimum Gasteiger partial charge on any atom is -0.304 e. The molecule has 0 radical (unpaired) electrons. The largest absolute Gasteiger partial charge is 0.304 e. The van der Waals surface area contributed by atoms with Crippen LogP contribution in [0.3, 0.4) is 0 Å². The number of hydrogen-bond donors (Lipinski definition) is 0. The van der Waals surface area contributed by atoms with Gasteiger partial charge in [0.15, 0.2) is 5.78 Å². The maximum absolute atomic E-state index is 12.5. The molecule has 1 unspecified atom stereocenters. The molecular weight excluding hydrogens is 236 g/mol. The average Bonchev–Trinajstić information content (AvgIpc) is 2.51. The highest BCUT2D eigenvalue weighted by Crippen LogP contribution is 2.12. The Morgan fingerprint density at radius 2 is 2.11 bits per heavy atom. The first-order valence-electron chi connectivity index (χ1n) is 7.03. The minimum atomic E-state index is 0.0352. The Hall–Kier alpha value is -1.19. The number of rotatable bonds is 3. The molecule has 3 heteroatoms. The van der Waals surface area contributed by atoms with E-state index in [2.05, 4.69) is 43.0 Å². The molecule has 19 heavy (non-hydrogen) atoms. The Bertz CT molecular complexity index is 444. The predicted molar refractivity (Wildman–Crippen MR) is 78.4 cm³/mol. The predicted octanol–water partition coefficient (Wildman–Crippen LogP) is 1.74. The summed E-state index contributed by atoms with van der Waals surface area (Å²) in [4.78, 5) is 17.0. The molecule has 0 bridgehead atoms. The summed E-state index contributed by atoms with van der Waals surface area (Å²) in [5, 5.41) is 0. The highest BCUT2D eigenvalue weighted by molar-refractivity contribution is 5.86. The van der Waals surface area contributed by atoms with Crippen molar-refractivity contribution in [1.82, 2.24) is 9.80 Å². The molecule has 104 valence electrons. The van der Waals surface area contributed by atoms with Crippen molar-refractivity contribution in [2.75, 3.05) is 33.7 Å². The van der Waals surface area contributed by atoms with Crippen molar-refractivity contribution in [2.24, 2.45) is 0 Å². The van der Waals surface area contributed by atoms with E-state index >= 15 is 0 Å². The van der Waals surface area contributed by atoms with Gasteiger partial charge in [0.2, 0.25) is 0 Å². The van der Waals surface area contributed by atoms with Gasteiger partial charge in [-0.3, -0.25) is 9.69 Å². The van der Waals surface area contributed by atoms with Crippen LogP contribution in [-0.2, 0) is 11.2 Å². The van der Waals surface area contributed by atoms with Gasteiger partial charge in [0, 0.05) is 13.0 Å². The number of ketones is 1. The Kier molecular flexibility index (Phi) is 4.72. The number of likely N-dealkylation sites (N-methyl/N-ethyl adjacent to an activating group) is 2. The van der Waals surface area contributed by atoms with E-state index in [0.717, 1.165) is 31.6 Å². The van der Waals surface area contributed by atoms with Crippen LogP contribution in [0.25, 0.3) is 0 Å². The van der Waals surface area contributed by atoms with Crippen molar-refractivity contribution in [2.45, 2.75) is 25.8 Å². The molecule has 0 N–H and O–H groups in total. The molecule has 0 aliphatic carbocycles. The van der Waals surface area contributed by atoms with Gasteiger partial charge < -0.3 is 4.90 Å². The third-order valence-electron chi connectivity index (χ3n) is 3.90. The molecular formula is C16H24N2O. The van der Waals surface area contributed by atoms with Crippen LogP contribution in [0.5, 0.6) is 0 Å². The van der Waals surface area contributed by atoms with Crippen molar-refractivity contribution in [3.8, 4) is 0 Å². The fraction of sp³-hybridized carbons (Fsp3) is 0.562. The van der Waals surface area contributed by atoms with Gasteiger partial charge in [-0.05, 0) is 46.1 Å². The Balaban J connectivity index is 2.05. The number of hydrogen-bond acceptors (Lipinski definition) is 3. The van der Waals surface area contributed by atoms with Gasteiger partial charge in [-0.2, -0.15) is 0 Å². The van der Waals surface area contributed by atoms with Crippen molar-refractivity contribution in [1.29, 1.82) is 0 Å². The summed E-state index contributed by atoms with van der Waals surface area (Å²) in [5.41, 5.74) is 2.35. The fourth-order valence-electron chi connectivity index (χ4n) is 2.76. The summed E-state index contributed by atoms with van der Waals surface area (Å²) in [6, 6.07) is 8.29. The zero-order chi connectivity index (χ0) is 13.8. The SMILES string of the molecule is Cc1cccc(CC(=O)C2CN(C)CCCN2C)c1. The third kappa shape index (κ3) is 3.88. The summed E-state index contributed by atoms with van der Waals surface area (Å²) in [6.45, 7) is 5.01. The number of aryl methyl sites for hydroxylation is 1. The van der Waals surface area contributed by atoms with Gasteiger partial charge in [-0.25, -0.2) is 0 Å². The van der Waals surface area contributed by atoms with E-state index in [9.17, 15) is 4.79 Å². The second-order valence-corrected chi connectivity index (χ2v) is 5.74. The molecule has 1 saturated heterocycles. The molecule has 2 rings (SSSR count). The van der Waals surface area contributed by atoms with Gasteiger partial charge in [0.1, 0.15) is 0 Å². The molecule has 0 aromatic heterocycles. The average molecular weight is 260 g/mol. The Labute approximate surface area is 116 Å². The third-order valence-corrected chi connectivity index (χ3v) is 3.90. The second-order valence-electron chi connectivity index (χ2n) is 5.74. The molecule has 3 nitrogen and oxygen atoms in total. The monoisotopic (exact) mass is 260 g/mol. The molecule has 1 atom stereocenters. The lowest BCUT2D eigenvalue weighted by molar-refractivity contribution is -0.123. The lowest BCUT2D eigenvalue weighted by Gasteiger charge is -2.26. The summed E-state index contributed by atoms with van der Waals surface area (Å²) in [5.74, 6) is 0.335. The van der Waals surface area contributed by atoms with Crippen LogP contribution in [0.4, 0.5) is 0 Å². The zero-order valence-corrected chi connectivity index (χ0v) is 12.2. The van der Waals surface area contributed by atoms with Gasteiger partial charge in [-0.15, -0.1) is 0 Å². The van der Waals surface area contributed by atoms with Crippen LogP contribution < -0.4 is 0 Å². The first-order chi connectivity index (χ1) is 9.06. The van der Waals surface area contributed by atoms with E-state index in [1.165, 1.54) is 5.56 Å². The number of nitrogens with zero attached hydrogens (tertiary/aromatic N) is 2. The molecule has 1 fully saturated rings. The molecule has 1 aromatic carbocycles. The molecule has 0 saturated carbocycles. The summed E-state index contributed by atoms with van der Waals surface area (Å²) in [7, 11) is 4.17. The Morgan fingerprint density at radius 3 is 2.84 bits per heavy atom. The zero-order valence-electron chi connectivity index (χ0n) is 12.2. The quantitative estimate of drug-likeness (QED) is 0.827. The number of benzene rings is 1. The highest BCUT2D eigenvalue weighted by Gasteiger charge is 2.26. The van der Waals surface area contributed by atoms with E-state index in [-0.39, 0.29) is 6.04 Å². The Morgan fingerprint density at radius 1 is 1.32 bits per heavy atom. The van der Waals surface area contributed by atoms with Gasteiger partial charge in [0.05, 0.1) is 6.04 Å².